The summed E-state index contributed by atoms with van der Waals surface area (Å²) in [4.78, 5) is 18.9. The number of piperidine rings is 1. The number of phenols is 1. The number of anilines is 1. The van der Waals surface area contributed by atoms with Crippen molar-refractivity contribution in [3.63, 3.8) is 0 Å². The molecule has 0 aromatic heterocycles. The minimum absolute atomic E-state index is 0.271. The van der Waals surface area contributed by atoms with Gasteiger partial charge in [-0.3, -0.25) is 9.69 Å². The van der Waals surface area contributed by atoms with Crippen molar-refractivity contribution in [3.8, 4) is 5.75 Å². The van der Waals surface area contributed by atoms with Gasteiger partial charge in [-0.2, -0.15) is 0 Å². The number of para-hydroxylation sites is 2. The lowest BCUT2D eigenvalue weighted by molar-refractivity contribution is -0.134. The van der Waals surface area contributed by atoms with Gasteiger partial charge in [-0.15, -0.1) is 0 Å². The summed E-state index contributed by atoms with van der Waals surface area (Å²) in [6.07, 6.45) is 2.37. The summed E-state index contributed by atoms with van der Waals surface area (Å²) in [5.41, 5.74) is 0.892. The molecule has 1 amide bonds. The molecule has 2 saturated heterocycles. The van der Waals surface area contributed by atoms with Crippen molar-refractivity contribution >= 4 is 11.6 Å². The maximum atomic E-state index is 12.4. The topological polar surface area (TPSA) is 47.0 Å². The van der Waals surface area contributed by atoms with Crippen LogP contribution in [-0.2, 0) is 4.79 Å². The summed E-state index contributed by atoms with van der Waals surface area (Å²) in [6.45, 7) is 8.01. The van der Waals surface area contributed by atoms with Crippen molar-refractivity contribution < 1.29 is 9.90 Å². The van der Waals surface area contributed by atoms with Crippen LogP contribution in [0.15, 0.2) is 24.3 Å². The monoisotopic (exact) mass is 317 g/mol. The molecule has 0 aliphatic carbocycles. The van der Waals surface area contributed by atoms with Crippen LogP contribution in [0.2, 0.25) is 0 Å². The fourth-order valence-corrected chi connectivity index (χ4v) is 3.59. The molecular weight excluding hydrogens is 290 g/mol. The van der Waals surface area contributed by atoms with Gasteiger partial charge in [0, 0.05) is 39.3 Å². The van der Waals surface area contributed by atoms with E-state index in [1.165, 1.54) is 6.42 Å². The molecule has 1 atom stereocenters. The minimum Gasteiger partial charge on any atom is -0.506 e. The van der Waals surface area contributed by atoms with Crippen LogP contribution < -0.4 is 4.90 Å². The van der Waals surface area contributed by atoms with Gasteiger partial charge in [0.15, 0.2) is 0 Å². The van der Waals surface area contributed by atoms with Crippen molar-refractivity contribution in [2.75, 3.05) is 50.7 Å². The van der Waals surface area contributed by atoms with E-state index in [4.69, 9.17) is 0 Å². The molecule has 1 unspecified atom stereocenters. The molecule has 2 fully saturated rings. The van der Waals surface area contributed by atoms with E-state index in [1.807, 2.05) is 23.1 Å². The van der Waals surface area contributed by atoms with Crippen LogP contribution in [0, 0.1) is 5.92 Å². The Kier molecular flexibility index (Phi) is 5.06. The van der Waals surface area contributed by atoms with Crippen LogP contribution >= 0.6 is 0 Å². The Hall–Kier alpha value is -1.75. The Bertz CT molecular complexity index is 541. The van der Waals surface area contributed by atoms with E-state index in [-0.39, 0.29) is 5.91 Å². The molecule has 5 nitrogen and oxygen atoms in total. The van der Waals surface area contributed by atoms with Crippen LogP contribution in [-0.4, -0.2) is 66.6 Å². The zero-order chi connectivity index (χ0) is 16.2. The first-order valence-corrected chi connectivity index (χ1v) is 8.66. The Morgan fingerprint density at radius 3 is 2.61 bits per heavy atom. The number of nitrogens with zero attached hydrogens (tertiary/aromatic N) is 3. The number of hydrogen-bond donors (Lipinski definition) is 1. The molecular formula is C18H27N3O2. The molecule has 2 aliphatic rings. The zero-order valence-electron chi connectivity index (χ0n) is 13.9. The number of benzene rings is 1. The third-order valence-electron chi connectivity index (χ3n) is 4.96. The summed E-state index contributed by atoms with van der Waals surface area (Å²) < 4.78 is 0. The van der Waals surface area contributed by atoms with Gasteiger partial charge in [0.05, 0.1) is 12.2 Å². The molecule has 0 saturated carbocycles. The molecule has 23 heavy (non-hydrogen) atoms. The number of phenolic OH excluding ortho intramolecular Hbond substituents is 1. The molecule has 126 valence electrons. The molecule has 1 aromatic rings. The Labute approximate surface area is 138 Å². The first kappa shape index (κ1) is 16.1. The number of amides is 1. The lowest BCUT2D eigenvalue weighted by atomic mass is 10.0. The van der Waals surface area contributed by atoms with Gasteiger partial charge in [0.25, 0.3) is 0 Å². The number of carbonyl (C=O) groups excluding carboxylic acids is 1. The van der Waals surface area contributed by atoms with Crippen LogP contribution in [0.5, 0.6) is 5.75 Å². The van der Waals surface area contributed by atoms with Crippen LogP contribution in [0.4, 0.5) is 5.69 Å². The fourth-order valence-electron chi connectivity index (χ4n) is 3.59. The first-order valence-electron chi connectivity index (χ1n) is 8.66. The van der Waals surface area contributed by atoms with Gasteiger partial charge in [-0.05, 0) is 30.9 Å². The van der Waals surface area contributed by atoms with Gasteiger partial charge >= 0.3 is 0 Å². The second-order valence-corrected chi connectivity index (χ2v) is 6.84. The number of hydrogen-bond acceptors (Lipinski definition) is 4. The molecule has 1 aromatic carbocycles. The average Bonchev–Trinajstić information content (AvgIpc) is 2.56. The molecule has 0 spiro atoms. The second kappa shape index (κ2) is 7.21. The van der Waals surface area contributed by atoms with Gasteiger partial charge in [0.1, 0.15) is 5.75 Å². The molecule has 0 bridgehead atoms. The summed E-state index contributed by atoms with van der Waals surface area (Å²) in [5, 5.41) is 9.95. The quantitative estimate of drug-likeness (QED) is 0.923. The maximum absolute atomic E-state index is 12.4. The van der Waals surface area contributed by atoms with Crippen molar-refractivity contribution in [1.29, 1.82) is 0 Å². The first-order chi connectivity index (χ1) is 11.1. The number of likely N-dealkylation sites (tertiary alicyclic amines) is 1. The number of rotatable bonds is 3. The predicted octanol–water partition coefficient (Wildman–Crippen LogP) is 1.77. The normalized spacial score (nSPS) is 23.1. The van der Waals surface area contributed by atoms with Crippen LogP contribution in [0.3, 0.4) is 0 Å². The second-order valence-electron chi connectivity index (χ2n) is 6.84. The standard InChI is InChI=1S/C18H27N3O2/c1-15-5-4-8-21(13-15)18(23)14-19-9-11-20(12-10-19)16-6-2-3-7-17(16)22/h2-3,6-7,15,22H,4-5,8-14H2,1H3. The average molecular weight is 317 g/mol. The van der Waals surface area contributed by atoms with E-state index < -0.39 is 0 Å². The third-order valence-corrected chi connectivity index (χ3v) is 4.96. The molecule has 0 radical (unpaired) electrons. The number of carbonyl (C=O) groups is 1. The molecule has 2 heterocycles. The number of piperazine rings is 1. The summed E-state index contributed by atoms with van der Waals surface area (Å²) in [6, 6.07) is 7.46. The molecule has 3 rings (SSSR count). The minimum atomic E-state index is 0.271. The summed E-state index contributed by atoms with van der Waals surface area (Å²) in [7, 11) is 0. The Morgan fingerprint density at radius 2 is 1.91 bits per heavy atom. The van der Waals surface area contributed by atoms with E-state index in [9.17, 15) is 9.90 Å². The SMILES string of the molecule is CC1CCCN(C(=O)CN2CCN(c3ccccc3O)CC2)C1. The van der Waals surface area contributed by atoms with E-state index in [2.05, 4.69) is 16.7 Å². The van der Waals surface area contributed by atoms with Crippen molar-refractivity contribution in [3.05, 3.63) is 24.3 Å². The van der Waals surface area contributed by atoms with Gasteiger partial charge < -0.3 is 14.9 Å². The van der Waals surface area contributed by atoms with Crippen molar-refractivity contribution in [2.45, 2.75) is 19.8 Å². The highest BCUT2D eigenvalue weighted by Crippen LogP contribution is 2.27. The van der Waals surface area contributed by atoms with Crippen molar-refractivity contribution in [2.24, 2.45) is 5.92 Å². The smallest absolute Gasteiger partial charge is 0.236 e. The Morgan fingerprint density at radius 1 is 1.17 bits per heavy atom. The molecule has 5 heteroatoms. The third kappa shape index (κ3) is 3.96. The van der Waals surface area contributed by atoms with Crippen LogP contribution in [0.1, 0.15) is 19.8 Å². The highest BCUT2D eigenvalue weighted by molar-refractivity contribution is 5.78. The molecule has 2 aliphatic heterocycles. The van der Waals surface area contributed by atoms with Gasteiger partial charge in [-0.1, -0.05) is 19.1 Å². The molecule has 1 N–H and O–H groups in total. The van der Waals surface area contributed by atoms with E-state index in [0.29, 0.717) is 18.2 Å². The van der Waals surface area contributed by atoms with E-state index >= 15 is 0 Å². The fraction of sp³-hybridized carbons (Fsp3) is 0.611. The maximum Gasteiger partial charge on any atom is 0.236 e. The van der Waals surface area contributed by atoms with E-state index in [1.54, 1.807) is 6.07 Å². The lowest BCUT2D eigenvalue weighted by Gasteiger charge is -2.37. The lowest BCUT2D eigenvalue weighted by Crippen LogP contribution is -2.51. The van der Waals surface area contributed by atoms with Gasteiger partial charge in [0.2, 0.25) is 5.91 Å². The summed E-state index contributed by atoms with van der Waals surface area (Å²) in [5.74, 6) is 1.23. The predicted molar refractivity (Wildman–Crippen MR) is 91.7 cm³/mol. The largest absolute Gasteiger partial charge is 0.506 e. The van der Waals surface area contributed by atoms with E-state index in [0.717, 1.165) is 51.4 Å². The zero-order valence-corrected chi connectivity index (χ0v) is 13.9. The van der Waals surface area contributed by atoms with Crippen LogP contribution in [0.25, 0.3) is 0 Å². The number of aromatic hydroxyl groups is 1. The van der Waals surface area contributed by atoms with Gasteiger partial charge in [-0.25, -0.2) is 0 Å². The Balaban J connectivity index is 1.49. The highest BCUT2D eigenvalue weighted by atomic mass is 16.3. The summed E-state index contributed by atoms with van der Waals surface area (Å²) >= 11 is 0. The highest BCUT2D eigenvalue weighted by Gasteiger charge is 2.25. The van der Waals surface area contributed by atoms with Crippen molar-refractivity contribution in [1.82, 2.24) is 9.80 Å².